The number of anilines is 1. The number of fused-ring (bicyclic) bond motifs is 1. The van der Waals surface area contributed by atoms with E-state index in [2.05, 4.69) is 16.3 Å². The molecule has 0 spiro atoms. The Hall–Kier alpha value is -1.61. The molecular weight excluding hydrogens is 215 g/mol. The predicted octanol–water partition coefficient (Wildman–Crippen LogP) is 2.39. The van der Waals surface area contributed by atoms with E-state index in [-0.39, 0.29) is 5.82 Å². The van der Waals surface area contributed by atoms with Crippen LogP contribution in [0.5, 0.6) is 0 Å². The van der Waals surface area contributed by atoms with Crippen LogP contribution in [0.1, 0.15) is 0 Å². The van der Waals surface area contributed by atoms with E-state index >= 15 is 0 Å². The van der Waals surface area contributed by atoms with Crippen LogP contribution in [0.3, 0.4) is 0 Å². The van der Waals surface area contributed by atoms with Crippen molar-refractivity contribution in [2.75, 3.05) is 31.1 Å². The Balaban J connectivity index is 2.13. The number of benzene rings is 2. The Morgan fingerprint density at radius 1 is 1.06 bits per heavy atom. The van der Waals surface area contributed by atoms with Crippen LogP contribution in [-0.2, 0) is 0 Å². The van der Waals surface area contributed by atoms with Crippen LogP contribution in [0.4, 0.5) is 10.1 Å². The molecule has 1 heterocycles. The van der Waals surface area contributed by atoms with E-state index in [1.807, 2.05) is 18.2 Å². The molecule has 88 valence electrons. The molecule has 0 radical (unpaired) electrons. The summed E-state index contributed by atoms with van der Waals surface area (Å²) in [4.78, 5) is 2.25. The molecule has 1 N–H and O–H groups in total. The first-order valence-electron chi connectivity index (χ1n) is 5.98. The molecule has 2 aromatic carbocycles. The van der Waals surface area contributed by atoms with Crippen molar-refractivity contribution in [2.24, 2.45) is 0 Å². The first-order chi connectivity index (χ1) is 8.34. The largest absolute Gasteiger partial charge is 0.368 e. The molecule has 0 aliphatic carbocycles. The van der Waals surface area contributed by atoms with Crippen molar-refractivity contribution in [1.82, 2.24) is 5.32 Å². The van der Waals surface area contributed by atoms with Crippen molar-refractivity contribution >= 4 is 16.5 Å². The predicted molar refractivity (Wildman–Crippen MR) is 69.0 cm³/mol. The first kappa shape index (κ1) is 10.5. The highest BCUT2D eigenvalue weighted by molar-refractivity contribution is 5.94. The fourth-order valence-corrected chi connectivity index (χ4v) is 2.42. The van der Waals surface area contributed by atoms with Gasteiger partial charge in [-0.25, -0.2) is 4.39 Å². The summed E-state index contributed by atoms with van der Waals surface area (Å²) in [6.45, 7) is 3.80. The highest BCUT2D eigenvalue weighted by atomic mass is 19.1. The quantitative estimate of drug-likeness (QED) is 0.809. The normalized spacial score (nSPS) is 16.4. The number of nitrogens with zero attached hydrogens (tertiary/aromatic N) is 1. The molecule has 1 aliphatic heterocycles. The highest BCUT2D eigenvalue weighted by Crippen LogP contribution is 2.28. The number of piperazine rings is 1. The maximum absolute atomic E-state index is 13.6. The van der Waals surface area contributed by atoms with E-state index in [4.69, 9.17) is 0 Å². The zero-order valence-corrected chi connectivity index (χ0v) is 9.62. The Labute approximate surface area is 100 Å². The van der Waals surface area contributed by atoms with Crippen LogP contribution in [0.2, 0.25) is 0 Å². The second-order valence-electron chi connectivity index (χ2n) is 4.38. The summed E-state index contributed by atoms with van der Waals surface area (Å²) in [6.07, 6.45) is 0. The number of hydrogen-bond acceptors (Lipinski definition) is 2. The number of nitrogens with one attached hydrogen (secondary N) is 1. The van der Waals surface area contributed by atoms with Crippen LogP contribution < -0.4 is 10.2 Å². The lowest BCUT2D eigenvalue weighted by Crippen LogP contribution is -2.43. The van der Waals surface area contributed by atoms with Gasteiger partial charge >= 0.3 is 0 Å². The Morgan fingerprint density at radius 2 is 1.82 bits per heavy atom. The first-order valence-corrected chi connectivity index (χ1v) is 5.98. The van der Waals surface area contributed by atoms with Crippen LogP contribution in [0.15, 0.2) is 36.4 Å². The molecule has 0 aromatic heterocycles. The molecular formula is C14H15FN2. The van der Waals surface area contributed by atoms with E-state index in [1.54, 1.807) is 12.1 Å². The fourth-order valence-electron chi connectivity index (χ4n) is 2.42. The minimum atomic E-state index is -0.155. The highest BCUT2D eigenvalue weighted by Gasteiger charge is 2.14. The molecule has 1 saturated heterocycles. The van der Waals surface area contributed by atoms with E-state index in [9.17, 15) is 4.39 Å². The topological polar surface area (TPSA) is 15.3 Å². The molecule has 2 nitrogen and oxygen atoms in total. The monoisotopic (exact) mass is 230 g/mol. The molecule has 0 saturated carbocycles. The minimum absolute atomic E-state index is 0.155. The third-order valence-electron chi connectivity index (χ3n) is 3.26. The van der Waals surface area contributed by atoms with Gasteiger partial charge in [0.05, 0.1) is 0 Å². The molecule has 3 heteroatoms. The number of hydrogen-bond donors (Lipinski definition) is 1. The van der Waals surface area contributed by atoms with Gasteiger partial charge in [-0.3, -0.25) is 0 Å². The summed E-state index contributed by atoms with van der Waals surface area (Å²) in [5.74, 6) is -0.155. The lowest BCUT2D eigenvalue weighted by Gasteiger charge is -2.30. The van der Waals surface area contributed by atoms with Gasteiger partial charge in [-0.1, -0.05) is 24.3 Å². The van der Waals surface area contributed by atoms with Gasteiger partial charge in [0, 0.05) is 37.3 Å². The molecule has 0 bridgehead atoms. The van der Waals surface area contributed by atoms with E-state index < -0.39 is 0 Å². The summed E-state index contributed by atoms with van der Waals surface area (Å²) in [6, 6.07) is 11.2. The molecule has 3 rings (SSSR count). The van der Waals surface area contributed by atoms with E-state index in [0.29, 0.717) is 0 Å². The van der Waals surface area contributed by atoms with Gasteiger partial charge < -0.3 is 10.2 Å². The summed E-state index contributed by atoms with van der Waals surface area (Å²) in [5.41, 5.74) is 1.02. The van der Waals surface area contributed by atoms with Crippen LogP contribution >= 0.6 is 0 Å². The third kappa shape index (κ3) is 1.98. The van der Waals surface area contributed by atoms with Crippen LogP contribution in [0.25, 0.3) is 10.8 Å². The van der Waals surface area contributed by atoms with Crippen molar-refractivity contribution in [3.63, 3.8) is 0 Å². The molecule has 0 amide bonds. The second kappa shape index (κ2) is 4.34. The lowest BCUT2D eigenvalue weighted by molar-refractivity contribution is 0.586. The maximum Gasteiger partial charge on any atom is 0.125 e. The van der Waals surface area contributed by atoms with Crippen molar-refractivity contribution < 1.29 is 4.39 Å². The lowest BCUT2D eigenvalue weighted by atomic mass is 10.1. The Morgan fingerprint density at radius 3 is 2.65 bits per heavy atom. The van der Waals surface area contributed by atoms with Gasteiger partial charge in [-0.2, -0.15) is 0 Å². The summed E-state index contributed by atoms with van der Waals surface area (Å²) >= 11 is 0. The second-order valence-corrected chi connectivity index (χ2v) is 4.38. The Kier molecular flexibility index (Phi) is 2.69. The standard InChI is InChI=1S/C14H15FN2/c15-12-9-11-3-1-2-4-13(11)14(10-12)17-7-5-16-6-8-17/h1-4,9-10,16H,5-8H2. The number of halogens is 1. The van der Waals surface area contributed by atoms with Gasteiger partial charge in [-0.05, 0) is 17.5 Å². The SMILES string of the molecule is Fc1cc(N2CCNCC2)c2ccccc2c1. The van der Waals surface area contributed by atoms with Gasteiger partial charge in [0.25, 0.3) is 0 Å². The molecule has 0 unspecified atom stereocenters. The van der Waals surface area contributed by atoms with Gasteiger partial charge in [0.2, 0.25) is 0 Å². The molecule has 2 aromatic rings. The summed E-state index contributed by atoms with van der Waals surface area (Å²) < 4.78 is 13.6. The van der Waals surface area contributed by atoms with Crippen molar-refractivity contribution in [3.8, 4) is 0 Å². The number of rotatable bonds is 1. The average molecular weight is 230 g/mol. The van der Waals surface area contributed by atoms with Gasteiger partial charge in [-0.15, -0.1) is 0 Å². The van der Waals surface area contributed by atoms with Gasteiger partial charge in [0.15, 0.2) is 0 Å². The average Bonchev–Trinajstić information content (AvgIpc) is 2.39. The maximum atomic E-state index is 13.6. The van der Waals surface area contributed by atoms with Crippen LogP contribution in [0, 0.1) is 5.82 Å². The molecule has 1 fully saturated rings. The van der Waals surface area contributed by atoms with Crippen LogP contribution in [-0.4, -0.2) is 26.2 Å². The van der Waals surface area contributed by atoms with Gasteiger partial charge in [0.1, 0.15) is 5.82 Å². The smallest absolute Gasteiger partial charge is 0.125 e. The third-order valence-corrected chi connectivity index (χ3v) is 3.26. The van der Waals surface area contributed by atoms with Crippen molar-refractivity contribution in [2.45, 2.75) is 0 Å². The van der Waals surface area contributed by atoms with E-state index in [0.717, 1.165) is 42.6 Å². The zero-order valence-electron chi connectivity index (χ0n) is 9.62. The van der Waals surface area contributed by atoms with E-state index in [1.165, 1.54) is 0 Å². The summed E-state index contributed by atoms with van der Waals surface area (Å²) in [5, 5.41) is 5.42. The molecule has 17 heavy (non-hydrogen) atoms. The summed E-state index contributed by atoms with van der Waals surface area (Å²) in [7, 11) is 0. The minimum Gasteiger partial charge on any atom is -0.368 e. The van der Waals surface area contributed by atoms with Crippen molar-refractivity contribution in [1.29, 1.82) is 0 Å². The Bertz CT molecular complexity index is 533. The molecule has 1 aliphatic rings. The molecule has 0 atom stereocenters. The fraction of sp³-hybridized carbons (Fsp3) is 0.286. The van der Waals surface area contributed by atoms with Crippen molar-refractivity contribution in [3.05, 3.63) is 42.2 Å². The zero-order chi connectivity index (χ0) is 11.7.